The Morgan fingerprint density at radius 3 is 2.05 bits per heavy atom. The van der Waals surface area contributed by atoms with Gasteiger partial charge in [-0.05, 0) is 38.1 Å². The van der Waals surface area contributed by atoms with Crippen molar-refractivity contribution in [1.82, 2.24) is 0 Å². The molecule has 0 spiro atoms. The summed E-state index contributed by atoms with van der Waals surface area (Å²) in [7, 11) is 0. The Hall–Kier alpha value is -2.04. The molecule has 1 nitrogen and oxygen atoms in total. The molecule has 0 radical (unpaired) electrons. The second-order valence-corrected chi connectivity index (χ2v) is 4.84. The van der Waals surface area contributed by atoms with Gasteiger partial charge in [-0.25, -0.2) is 4.39 Å². The summed E-state index contributed by atoms with van der Waals surface area (Å²) in [6.45, 7) is 2.54. The lowest BCUT2D eigenvalue weighted by molar-refractivity contribution is -0.138. The molecule has 0 fully saturated rings. The fourth-order valence-corrected chi connectivity index (χ4v) is 1.99. The van der Waals surface area contributed by atoms with Crippen LogP contribution < -0.4 is 4.74 Å². The van der Waals surface area contributed by atoms with Crippen molar-refractivity contribution in [3.05, 3.63) is 58.7 Å². The zero-order chi connectivity index (χ0) is 15.6. The normalized spacial score (nSPS) is 11.5. The van der Waals surface area contributed by atoms with Crippen LogP contribution in [0, 0.1) is 13.8 Å². The van der Waals surface area contributed by atoms with Crippen LogP contribution in [-0.2, 0) is 12.9 Å². The van der Waals surface area contributed by atoms with E-state index >= 15 is 0 Å². The average Bonchev–Trinajstić information content (AvgIpc) is 2.41. The van der Waals surface area contributed by atoms with Crippen LogP contribution in [0.3, 0.4) is 0 Å². The Labute approximate surface area is 120 Å². The maximum atomic E-state index is 13.0. The third kappa shape index (κ3) is 3.54. The SMILES string of the molecule is Cc1ccc(Oc2ccc(C)cc2C(F)(F)F)c(CF)c1. The minimum absolute atomic E-state index is 0.0949. The zero-order valence-corrected chi connectivity index (χ0v) is 11.6. The van der Waals surface area contributed by atoms with E-state index in [-0.39, 0.29) is 17.1 Å². The van der Waals surface area contributed by atoms with Gasteiger partial charge >= 0.3 is 6.18 Å². The monoisotopic (exact) mass is 298 g/mol. The molecule has 0 aromatic heterocycles. The van der Waals surface area contributed by atoms with Gasteiger partial charge in [-0.15, -0.1) is 0 Å². The highest BCUT2D eigenvalue weighted by atomic mass is 19.4. The van der Waals surface area contributed by atoms with Crippen molar-refractivity contribution in [2.75, 3.05) is 0 Å². The molecular formula is C16H14F4O. The summed E-state index contributed by atoms with van der Waals surface area (Å²) in [6.07, 6.45) is -4.53. The van der Waals surface area contributed by atoms with Crippen molar-refractivity contribution in [3.63, 3.8) is 0 Å². The van der Waals surface area contributed by atoms with Crippen LogP contribution >= 0.6 is 0 Å². The first-order valence-corrected chi connectivity index (χ1v) is 6.32. The van der Waals surface area contributed by atoms with Gasteiger partial charge in [0.2, 0.25) is 0 Å². The number of rotatable bonds is 3. The van der Waals surface area contributed by atoms with Gasteiger partial charge in [0.15, 0.2) is 0 Å². The van der Waals surface area contributed by atoms with E-state index in [0.717, 1.165) is 11.6 Å². The summed E-state index contributed by atoms with van der Waals surface area (Å²) in [5, 5.41) is 0. The van der Waals surface area contributed by atoms with Crippen molar-refractivity contribution in [3.8, 4) is 11.5 Å². The van der Waals surface area contributed by atoms with E-state index in [9.17, 15) is 17.6 Å². The fourth-order valence-electron chi connectivity index (χ4n) is 1.99. The Morgan fingerprint density at radius 1 is 0.905 bits per heavy atom. The molecule has 2 aromatic rings. The molecule has 0 unspecified atom stereocenters. The Bertz CT molecular complexity index is 647. The first-order chi connectivity index (χ1) is 9.81. The average molecular weight is 298 g/mol. The zero-order valence-electron chi connectivity index (χ0n) is 11.6. The van der Waals surface area contributed by atoms with Crippen molar-refractivity contribution in [2.45, 2.75) is 26.7 Å². The molecule has 0 aliphatic heterocycles. The number of halogens is 4. The molecule has 0 heterocycles. The maximum absolute atomic E-state index is 13.0. The lowest BCUT2D eigenvalue weighted by Crippen LogP contribution is -2.08. The second-order valence-electron chi connectivity index (χ2n) is 4.84. The number of ether oxygens (including phenoxy) is 1. The molecule has 0 N–H and O–H groups in total. The van der Waals surface area contributed by atoms with Gasteiger partial charge in [0.25, 0.3) is 0 Å². The minimum atomic E-state index is -4.53. The van der Waals surface area contributed by atoms with Crippen molar-refractivity contribution in [1.29, 1.82) is 0 Å². The Balaban J connectivity index is 2.45. The van der Waals surface area contributed by atoms with Gasteiger partial charge in [0, 0.05) is 5.56 Å². The first kappa shape index (κ1) is 15.4. The molecular weight excluding hydrogens is 284 g/mol. The highest BCUT2D eigenvalue weighted by molar-refractivity contribution is 5.45. The molecule has 0 amide bonds. The van der Waals surface area contributed by atoms with Crippen LogP contribution in [0.4, 0.5) is 17.6 Å². The highest BCUT2D eigenvalue weighted by Crippen LogP contribution is 2.39. The van der Waals surface area contributed by atoms with Crippen LogP contribution in [0.25, 0.3) is 0 Å². The largest absolute Gasteiger partial charge is 0.456 e. The third-order valence-electron chi connectivity index (χ3n) is 3.02. The quantitative estimate of drug-likeness (QED) is 0.672. The van der Waals surface area contributed by atoms with Crippen molar-refractivity contribution in [2.24, 2.45) is 0 Å². The van der Waals surface area contributed by atoms with E-state index in [2.05, 4.69) is 0 Å². The van der Waals surface area contributed by atoms with Crippen LogP contribution in [0.1, 0.15) is 22.3 Å². The smallest absolute Gasteiger partial charge is 0.419 e. The number of hydrogen-bond acceptors (Lipinski definition) is 1. The number of hydrogen-bond donors (Lipinski definition) is 0. The molecule has 0 aliphatic rings. The lowest BCUT2D eigenvalue weighted by atomic mass is 10.1. The van der Waals surface area contributed by atoms with Crippen molar-refractivity contribution < 1.29 is 22.3 Å². The second kappa shape index (κ2) is 5.76. The minimum Gasteiger partial charge on any atom is -0.456 e. The summed E-state index contributed by atoms with van der Waals surface area (Å²) in [5.74, 6) is -0.232. The van der Waals surface area contributed by atoms with Crippen LogP contribution in [-0.4, -0.2) is 0 Å². The van der Waals surface area contributed by atoms with Gasteiger partial charge in [-0.1, -0.05) is 23.3 Å². The van der Waals surface area contributed by atoms with E-state index in [1.54, 1.807) is 26.0 Å². The molecule has 0 saturated carbocycles. The van der Waals surface area contributed by atoms with E-state index in [1.807, 2.05) is 0 Å². The van der Waals surface area contributed by atoms with Crippen LogP contribution in [0.15, 0.2) is 36.4 Å². The van der Waals surface area contributed by atoms with E-state index in [4.69, 9.17) is 4.74 Å². The standard InChI is InChI=1S/C16H14F4O/c1-10-3-5-14(12(7-10)9-17)21-15-6-4-11(2)8-13(15)16(18,19)20/h3-8H,9H2,1-2H3. The van der Waals surface area contributed by atoms with Crippen molar-refractivity contribution >= 4 is 0 Å². The summed E-state index contributed by atoms with van der Waals surface area (Å²) >= 11 is 0. The predicted molar refractivity (Wildman–Crippen MR) is 72.2 cm³/mol. The van der Waals surface area contributed by atoms with E-state index in [1.165, 1.54) is 18.2 Å². The van der Waals surface area contributed by atoms with Crippen LogP contribution in [0.2, 0.25) is 0 Å². The van der Waals surface area contributed by atoms with Gasteiger partial charge in [-0.3, -0.25) is 0 Å². The summed E-state index contributed by atoms with van der Waals surface area (Å²) in [6, 6.07) is 8.48. The van der Waals surface area contributed by atoms with Gasteiger partial charge < -0.3 is 4.74 Å². The summed E-state index contributed by atoms with van der Waals surface area (Å²) in [5.41, 5.74) is 0.649. The molecule has 2 rings (SSSR count). The molecule has 21 heavy (non-hydrogen) atoms. The molecule has 0 bridgehead atoms. The topological polar surface area (TPSA) is 9.23 Å². The Kier molecular flexibility index (Phi) is 4.21. The molecule has 2 aromatic carbocycles. The van der Waals surface area contributed by atoms with Gasteiger partial charge in [-0.2, -0.15) is 13.2 Å². The predicted octanol–water partition coefficient (Wildman–Crippen LogP) is 5.58. The fraction of sp³-hybridized carbons (Fsp3) is 0.250. The molecule has 0 aliphatic carbocycles. The van der Waals surface area contributed by atoms with Gasteiger partial charge in [0.1, 0.15) is 18.2 Å². The maximum Gasteiger partial charge on any atom is 0.419 e. The molecule has 112 valence electrons. The Morgan fingerprint density at radius 2 is 1.48 bits per heavy atom. The summed E-state index contributed by atoms with van der Waals surface area (Å²) in [4.78, 5) is 0. The van der Waals surface area contributed by atoms with E-state index in [0.29, 0.717) is 5.56 Å². The van der Waals surface area contributed by atoms with Gasteiger partial charge in [0.05, 0.1) is 5.56 Å². The third-order valence-corrected chi connectivity index (χ3v) is 3.02. The highest BCUT2D eigenvalue weighted by Gasteiger charge is 2.34. The van der Waals surface area contributed by atoms with Crippen LogP contribution in [0.5, 0.6) is 11.5 Å². The molecule has 0 atom stereocenters. The number of benzene rings is 2. The number of aryl methyl sites for hydroxylation is 2. The van der Waals surface area contributed by atoms with E-state index < -0.39 is 18.4 Å². The first-order valence-electron chi connectivity index (χ1n) is 6.32. The summed E-state index contributed by atoms with van der Waals surface area (Å²) < 4.78 is 57.3. The molecule has 5 heteroatoms. The molecule has 0 saturated heterocycles. The number of alkyl halides is 4. The lowest BCUT2D eigenvalue weighted by Gasteiger charge is -2.16.